The fourth-order valence-electron chi connectivity index (χ4n) is 8.07. The number of methoxy groups -OCH3 is 1. The Hall–Kier alpha value is -4.77. The second-order valence-electron chi connectivity index (χ2n) is 13.4. The van der Waals surface area contributed by atoms with Crippen LogP contribution in [-0.2, 0) is 46.0 Å². The molecule has 4 aromatic carbocycles. The lowest BCUT2D eigenvalue weighted by Crippen LogP contribution is -2.48. The first-order valence-electron chi connectivity index (χ1n) is 17.3. The molecule has 2 amide bonds. The predicted molar refractivity (Wildman–Crippen MR) is 194 cm³/mol. The molecule has 1 aliphatic heterocycles. The average Bonchev–Trinajstić information content (AvgIpc) is 3.93. The normalized spacial score (nSPS) is 18.8. The maximum Gasteiger partial charge on any atom is 0.354 e. The van der Waals surface area contributed by atoms with Gasteiger partial charge in [-0.25, -0.2) is 18.4 Å². The van der Waals surface area contributed by atoms with Gasteiger partial charge in [-0.3, -0.25) is 0 Å². The van der Waals surface area contributed by atoms with Crippen molar-refractivity contribution in [3.63, 3.8) is 0 Å². The van der Waals surface area contributed by atoms with Gasteiger partial charge in [-0.05, 0) is 78.0 Å². The summed E-state index contributed by atoms with van der Waals surface area (Å²) in [6.07, 6.45) is 6.10. The van der Waals surface area contributed by atoms with Gasteiger partial charge < -0.3 is 14.8 Å². The number of nitrogens with zero attached hydrogens (tertiary/aromatic N) is 3. The van der Waals surface area contributed by atoms with Crippen LogP contribution >= 0.6 is 0 Å². The van der Waals surface area contributed by atoms with Crippen LogP contribution in [0.15, 0.2) is 113 Å². The molecular weight excluding hydrogens is 647 g/mol. The third kappa shape index (κ3) is 5.61. The quantitative estimate of drug-likeness (QED) is 0.157. The minimum absolute atomic E-state index is 0.161. The monoisotopic (exact) mass is 687 g/mol. The Balaban J connectivity index is 1.33. The maximum absolute atomic E-state index is 16.0. The van der Waals surface area contributed by atoms with E-state index in [1.807, 2.05) is 97.9 Å². The molecule has 2 N–H and O–H groups in total. The largest absolute Gasteiger partial charge is 0.472 e. The fourth-order valence-corrected chi connectivity index (χ4v) is 9.95. The Labute approximate surface area is 293 Å². The van der Waals surface area contributed by atoms with Crippen LogP contribution in [-0.4, -0.2) is 39.8 Å². The van der Waals surface area contributed by atoms with Gasteiger partial charge in [0.2, 0.25) is 5.88 Å². The Morgan fingerprint density at radius 2 is 1.60 bits per heavy atom. The van der Waals surface area contributed by atoms with Gasteiger partial charge in [0.05, 0.1) is 19.3 Å². The molecule has 10 heteroatoms. The van der Waals surface area contributed by atoms with Gasteiger partial charge in [-0.2, -0.15) is 5.10 Å². The van der Waals surface area contributed by atoms with E-state index in [4.69, 9.17) is 9.47 Å². The molecule has 0 spiro atoms. The number of benzene rings is 4. The van der Waals surface area contributed by atoms with Crippen LogP contribution in [0, 0.1) is 0 Å². The number of rotatable bonds is 9. The average molecular weight is 688 g/mol. The van der Waals surface area contributed by atoms with Gasteiger partial charge in [0.1, 0.15) is 16.5 Å². The van der Waals surface area contributed by atoms with Crippen molar-refractivity contribution in [3.8, 4) is 5.88 Å². The summed E-state index contributed by atoms with van der Waals surface area (Å²) >= 11 is 0. The molecule has 1 unspecified atom stereocenters. The minimum Gasteiger partial charge on any atom is -0.472 e. The number of hydrogen-bond acceptors (Lipinski definition) is 5. The number of amides is 2. The van der Waals surface area contributed by atoms with Crippen molar-refractivity contribution in [1.82, 2.24) is 14.5 Å². The molecule has 0 saturated heterocycles. The molecule has 3 aliphatic rings. The first kappa shape index (κ1) is 32.4. The summed E-state index contributed by atoms with van der Waals surface area (Å²) in [5.41, 5.74) is 6.88. The highest BCUT2D eigenvalue weighted by Crippen LogP contribution is 2.45. The molecule has 3 atom stereocenters. The molecule has 256 valence electrons. The van der Waals surface area contributed by atoms with Crippen molar-refractivity contribution in [3.05, 3.63) is 142 Å². The highest BCUT2D eigenvalue weighted by Gasteiger charge is 2.42. The number of aromatic nitrogens is 2. The summed E-state index contributed by atoms with van der Waals surface area (Å²) in [5, 5.41) is 7.73. The lowest BCUT2D eigenvalue weighted by Gasteiger charge is -2.37. The first-order valence-corrected chi connectivity index (χ1v) is 18.8. The van der Waals surface area contributed by atoms with E-state index in [1.54, 1.807) is 11.8 Å². The molecule has 0 saturated carbocycles. The van der Waals surface area contributed by atoms with E-state index in [-0.39, 0.29) is 16.9 Å². The minimum atomic E-state index is -3.82. The van der Waals surface area contributed by atoms with Crippen LogP contribution in [0.4, 0.5) is 10.5 Å². The number of hydrogen-bond donors (Lipinski definition) is 2. The molecule has 50 heavy (non-hydrogen) atoms. The Morgan fingerprint density at radius 1 is 0.960 bits per heavy atom. The van der Waals surface area contributed by atoms with E-state index < -0.39 is 21.5 Å². The maximum atomic E-state index is 16.0. The van der Waals surface area contributed by atoms with Crippen molar-refractivity contribution in [2.75, 3.05) is 19.0 Å². The van der Waals surface area contributed by atoms with Gasteiger partial charge in [0.25, 0.3) is 0 Å². The van der Waals surface area contributed by atoms with E-state index >= 15 is 4.21 Å². The zero-order chi connectivity index (χ0) is 34.3. The summed E-state index contributed by atoms with van der Waals surface area (Å²) in [5.74, 6) is 0.505. The van der Waals surface area contributed by atoms with Gasteiger partial charge in [-0.1, -0.05) is 97.1 Å². The first-order chi connectivity index (χ1) is 24.4. The zero-order valence-corrected chi connectivity index (χ0v) is 29.1. The molecule has 0 fully saturated rings. The molecular formula is C40H41N5O4S. The van der Waals surface area contributed by atoms with Gasteiger partial charge in [0, 0.05) is 18.7 Å². The second kappa shape index (κ2) is 13.2. The summed E-state index contributed by atoms with van der Waals surface area (Å²) in [6.45, 7) is 3.00. The number of urea groups is 1. The summed E-state index contributed by atoms with van der Waals surface area (Å²) < 4.78 is 37.7. The van der Waals surface area contributed by atoms with Crippen LogP contribution in [0.25, 0.3) is 0 Å². The smallest absolute Gasteiger partial charge is 0.354 e. The topological polar surface area (TPSA) is 107 Å². The van der Waals surface area contributed by atoms with E-state index in [9.17, 15) is 4.79 Å². The second-order valence-corrected chi connectivity index (χ2v) is 15.3. The van der Waals surface area contributed by atoms with E-state index in [0.717, 1.165) is 65.6 Å². The van der Waals surface area contributed by atoms with Crippen LogP contribution in [0.5, 0.6) is 5.88 Å². The zero-order valence-electron chi connectivity index (χ0n) is 28.3. The Morgan fingerprint density at radius 3 is 2.22 bits per heavy atom. The van der Waals surface area contributed by atoms with E-state index in [0.29, 0.717) is 19.0 Å². The van der Waals surface area contributed by atoms with E-state index in [1.165, 1.54) is 17.3 Å². The third-order valence-electron chi connectivity index (χ3n) is 10.2. The van der Waals surface area contributed by atoms with Crippen molar-refractivity contribution >= 4 is 21.6 Å². The van der Waals surface area contributed by atoms with Crippen LogP contribution in [0.1, 0.15) is 64.6 Å². The number of carbonyl (C=O) groups excluding carboxylic acids is 1. The molecule has 0 radical (unpaired) electrons. The van der Waals surface area contributed by atoms with Gasteiger partial charge in [-0.15, -0.1) is 4.36 Å². The molecule has 8 rings (SSSR count). The number of ether oxygens (including phenoxy) is 2. The standard InChI is InChI=1S/C40H41N5O4S/c1-27-25-45-38(49-27)35(24-41-45)50(47,43-39(46)42-37-34-20-12-13-28(34)23-29-21-22-30(26-48-2)36(29)37)44-40(31-14-6-3-7-15-31,32-16-8-4-9-17-32)33-18-10-5-11-19-33/h3-11,14-19,23-24,27,30H,12-13,20-22,25-26H2,1-2H3,(H2,42,43,44,46,47)/t27-,30-,50?/m0/s1. The molecule has 2 heterocycles. The molecule has 5 aromatic rings. The molecule has 0 bridgehead atoms. The predicted octanol–water partition coefficient (Wildman–Crippen LogP) is 7.38. The lowest BCUT2D eigenvalue weighted by molar-refractivity contribution is 0.179. The Bertz CT molecular complexity index is 2060. The fraction of sp³-hybridized carbons (Fsp3) is 0.300. The number of fused-ring (bicyclic) bond motifs is 3. The highest BCUT2D eigenvalue weighted by molar-refractivity contribution is 7.92. The van der Waals surface area contributed by atoms with E-state index in [2.05, 4.69) is 25.6 Å². The van der Waals surface area contributed by atoms with Crippen molar-refractivity contribution in [2.45, 2.75) is 68.0 Å². The van der Waals surface area contributed by atoms with Gasteiger partial charge >= 0.3 is 6.03 Å². The highest BCUT2D eigenvalue weighted by atomic mass is 32.2. The summed E-state index contributed by atoms with van der Waals surface area (Å²) in [6, 6.07) is 31.2. The molecule has 2 aliphatic carbocycles. The van der Waals surface area contributed by atoms with Crippen molar-refractivity contribution in [1.29, 1.82) is 0 Å². The number of carbonyl (C=O) groups is 1. The SMILES string of the molecule is COC[C@@H]1CCc2cc3c(c(NC(=O)N=S(=O)(NC(c4ccccc4)(c4ccccc4)c4ccccc4)c4cnn5c4O[C@@H](C)C5)c21)CCC3. The van der Waals surface area contributed by atoms with Crippen molar-refractivity contribution in [2.24, 2.45) is 4.36 Å². The van der Waals surface area contributed by atoms with Gasteiger partial charge in [0.15, 0.2) is 9.92 Å². The molecule has 9 nitrogen and oxygen atoms in total. The Kier molecular flexibility index (Phi) is 8.54. The number of nitrogens with one attached hydrogen (secondary N) is 2. The van der Waals surface area contributed by atoms with Crippen LogP contribution < -0.4 is 14.8 Å². The van der Waals surface area contributed by atoms with Crippen LogP contribution in [0.3, 0.4) is 0 Å². The lowest BCUT2D eigenvalue weighted by atomic mass is 9.78. The van der Waals surface area contributed by atoms with Crippen molar-refractivity contribution < 1.29 is 18.5 Å². The molecule has 1 aromatic heterocycles. The number of aryl methyl sites for hydroxylation is 2. The number of anilines is 1. The summed E-state index contributed by atoms with van der Waals surface area (Å²) in [4.78, 5) is 14.7. The van der Waals surface area contributed by atoms with Crippen LogP contribution in [0.2, 0.25) is 0 Å². The third-order valence-corrected chi connectivity index (χ3v) is 12.1. The summed E-state index contributed by atoms with van der Waals surface area (Å²) in [7, 11) is -2.10.